The molecule has 0 radical (unpaired) electrons. The molecule has 1 heterocycles. The van der Waals surface area contributed by atoms with Gasteiger partial charge in [0, 0.05) is 0 Å². The monoisotopic (exact) mass is 252 g/mol. The summed E-state index contributed by atoms with van der Waals surface area (Å²) < 4.78 is 18.8. The predicted octanol–water partition coefficient (Wildman–Crippen LogP) is 3.92. The topological polar surface area (TPSA) is 30.2 Å². The first kappa shape index (κ1) is 11.9. The van der Waals surface area contributed by atoms with Crippen LogP contribution in [0.1, 0.15) is 27.4 Å². The summed E-state index contributed by atoms with van der Waals surface area (Å²) in [6, 6.07) is 5.74. The maximum absolute atomic E-state index is 13.6. The van der Waals surface area contributed by atoms with Gasteiger partial charge in [0.2, 0.25) is 5.78 Å². The van der Waals surface area contributed by atoms with Gasteiger partial charge in [0.05, 0.1) is 16.1 Å². The molecule has 0 aliphatic carbocycles. The smallest absolute Gasteiger partial charge is 0.200 e. The molecule has 0 amide bonds. The highest BCUT2D eigenvalue weighted by molar-refractivity contribution is 6.35. The Hall–Kier alpha value is -1.61. The number of rotatable bonds is 2. The average Bonchev–Trinajstić information content (AvgIpc) is 2.57. The summed E-state index contributed by atoms with van der Waals surface area (Å²) in [7, 11) is 0. The number of aryl methyl sites for hydroxylation is 2. The number of furan rings is 1. The normalized spacial score (nSPS) is 10.6. The first-order valence-corrected chi connectivity index (χ1v) is 5.44. The van der Waals surface area contributed by atoms with Crippen LogP contribution in [0.2, 0.25) is 5.02 Å². The van der Waals surface area contributed by atoms with E-state index in [2.05, 4.69) is 0 Å². The molecule has 0 unspecified atom stereocenters. The molecule has 2 aromatic rings. The molecule has 0 bridgehead atoms. The zero-order valence-electron chi connectivity index (χ0n) is 9.38. The number of hydrogen-bond acceptors (Lipinski definition) is 2. The van der Waals surface area contributed by atoms with E-state index in [1.807, 2.05) is 0 Å². The van der Waals surface area contributed by atoms with Gasteiger partial charge in [-0.2, -0.15) is 0 Å². The number of halogens is 2. The molecule has 2 rings (SSSR count). The first-order valence-electron chi connectivity index (χ1n) is 5.06. The van der Waals surface area contributed by atoms with Crippen molar-refractivity contribution in [2.24, 2.45) is 0 Å². The van der Waals surface area contributed by atoms with E-state index in [9.17, 15) is 9.18 Å². The summed E-state index contributed by atoms with van der Waals surface area (Å²) in [6.07, 6.45) is 0. The highest BCUT2D eigenvalue weighted by Gasteiger charge is 2.21. The molecule has 0 atom stereocenters. The van der Waals surface area contributed by atoms with E-state index in [0.717, 1.165) is 0 Å². The number of benzene rings is 1. The minimum absolute atomic E-state index is 0.105. The van der Waals surface area contributed by atoms with Gasteiger partial charge in [-0.3, -0.25) is 4.79 Å². The molecule has 17 heavy (non-hydrogen) atoms. The molecule has 0 aliphatic rings. The fourth-order valence-electron chi connectivity index (χ4n) is 1.71. The average molecular weight is 253 g/mol. The summed E-state index contributed by atoms with van der Waals surface area (Å²) >= 11 is 5.84. The molecule has 0 saturated carbocycles. The van der Waals surface area contributed by atoms with Crippen molar-refractivity contribution in [3.63, 3.8) is 0 Å². The van der Waals surface area contributed by atoms with Crippen LogP contribution >= 0.6 is 11.6 Å². The maximum atomic E-state index is 13.6. The van der Waals surface area contributed by atoms with E-state index in [1.165, 1.54) is 18.2 Å². The van der Waals surface area contributed by atoms with Gasteiger partial charge in [-0.15, -0.1) is 0 Å². The Morgan fingerprint density at radius 2 is 2.06 bits per heavy atom. The lowest BCUT2D eigenvalue weighted by Crippen LogP contribution is -2.05. The summed E-state index contributed by atoms with van der Waals surface area (Å²) in [5.74, 6) is -0.00617. The molecule has 0 spiro atoms. The highest BCUT2D eigenvalue weighted by Crippen LogP contribution is 2.25. The summed E-state index contributed by atoms with van der Waals surface area (Å²) in [6.45, 7) is 3.39. The van der Waals surface area contributed by atoms with E-state index < -0.39 is 11.6 Å². The molecule has 0 fully saturated rings. The molecule has 2 nitrogen and oxygen atoms in total. The van der Waals surface area contributed by atoms with Crippen molar-refractivity contribution in [1.29, 1.82) is 0 Å². The second kappa shape index (κ2) is 4.34. The SMILES string of the molecule is Cc1cc(C(=O)c2c(F)cccc2Cl)c(C)o1. The van der Waals surface area contributed by atoms with Gasteiger partial charge >= 0.3 is 0 Å². The fraction of sp³-hybridized carbons (Fsp3) is 0.154. The van der Waals surface area contributed by atoms with E-state index >= 15 is 0 Å². The summed E-state index contributed by atoms with van der Waals surface area (Å²) in [5, 5.41) is 0.105. The molecule has 1 aromatic carbocycles. The van der Waals surface area contributed by atoms with Gasteiger partial charge in [0.15, 0.2) is 0 Å². The Morgan fingerprint density at radius 1 is 1.35 bits per heavy atom. The van der Waals surface area contributed by atoms with Crippen molar-refractivity contribution >= 4 is 17.4 Å². The third-order valence-electron chi connectivity index (χ3n) is 2.48. The van der Waals surface area contributed by atoms with Gasteiger partial charge in [0.25, 0.3) is 0 Å². The Balaban J connectivity index is 2.55. The lowest BCUT2D eigenvalue weighted by Gasteiger charge is -2.03. The molecule has 0 aliphatic heterocycles. The number of carbonyl (C=O) groups excluding carboxylic acids is 1. The Kier molecular flexibility index (Phi) is 3.03. The van der Waals surface area contributed by atoms with E-state index in [4.69, 9.17) is 16.0 Å². The Labute approximate surface area is 103 Å². The fourth-order valence-corrected chi connectivity index (χ4v) is 1.95. The molecule has 4 heteroatoms. The Bertz CT molecular complexity index is 567. The van der Waals surface area contributed by atoms with Gasteiger partial charge in [-0.05, 0) is 32.0 Å². The minimum Gasteiger partial charge on any atom is -0.466 e. The molecule has 0 N–H and O–H groups in total. The van der Waals surface area contributed by atoms with Gasteiger partial charge in [0.1, 0.15) is 17.3 Å². The van der Waals surface area contributed by atoms with Crippen LogP contribution in [0.5, 0.6) is 0 Å². The van der Waals surface area contributed by atoms with Crippen molar-refractivity contribution in [3.05, 3.63) is 57.8 Å². The molecule has 1 aromatic heterocycles. The largest absolute Gasteiger partial charge is 0.466 e. The van der Waals surface area contributed by atoms with E-state index in [-0.39, 0.29) is 10.6 Å². The zero-order valence-corrected chi connectivity index (χ0v) is 10.1. The number of carbonyl (C=O) groups is 1. The molecular formula is C13H10ClFO2. The second-order valence-electron chi connectivity index (χ2n) is 3.75. The molecular weight excluding hydrogens is 243 g/mol. The van der Waals surface area contributed by atoms with E-state index in [0.29, 0.717) is 17.1 Å². The molecule has 88 valence electrons. The van der Waals surface area contributed by atoms with Crippen LogP contribution in [0.15, 0.2) is 28.7 Å². The van der Waals surface area contributed by atoms with Crippen LogP contribution in [0.4, 0.5) is 4.39 Å². The first-order chi connectivity index (χ1) is 8.00. The minimum atomic E-state index is -0.624. The Morgan fingerprint density at radius 3 is 2.59 bits per heavy atom. The van der Waals surface area contributed by atoms with Gasteiger partial charge in [-0.25, -0.2) is 4.39 Å². The van der Waals surface area contributed by atoms with Crippen LogP contribution in [0, 0.1) is 19.7 Å². The third-order valence-corrected chi connectivity index (χ3v) is 2.79. The quantitative estimate of drug-likeness (QED) is 0.759. The third kappa shape index (κ3) is 2.11. The van der Waals surface area contributed by atoms with Crippen LogP contribution in [-0.4, -0.2) is 5.78 Å². The number of ketones is 1. The highest BCUT2D eigenvalue weighted by atomic mass is 35.5. The van der Waals surface area contributed by atoms with Crippen LogP contribution < -0.4 is 0 Å². The standard InChI is InChI=1S/C13H10ClFO2/c1-7-6-9(8(2)17-7)13(16)12-10(14)4-3-5-11(12)15/h3-6H,1-2H3. The summed E-state index contributed by atoms with van der Waals surface area (Å²) in [5.41, 5.74) is 0.229. The van der Waals surface area contributed by atoms with Crippen molar-refractivity contribution in [2.75, 3.05) is 0 Å². The zero-order chi connectivity index (χ0) is 12.6. The van der Waals surface area contributed by atoms with Crippen molar-refractivity contribution in [2.45, 2.75) is 13.8 Å². The lowest BCUT2D eigenvalue weighted by atomic mass is 10.0. The van der Waals surface area contributed by atoms with Crippen molar-refractivity contribution in [3.8, 4) is 0 Å². The van der Waals surface area contributed by atoms with Crippen molar-refractivity contribution < 1.29 is 13.6 Å². The lowest BCUT2D eigenvalue weighted by molar-refractivity contribution is 0.103. The molecule has 0 saturated heterocycles. The van der Waals surface area contributed by atoms with Crippen LogP contribution in [0.25, 0.3) is 0 Å². The van der Waals surface area contributed by atoms with Crippen molar-refractivity contribution in [1.82, 2.24) is 0 Å². The van der Waals surface area contributed by atoms with E-state index in [1.54, 1.807) is 19.9 Å². The van der Waals surface area contributed by atoms with Crippen LogP contribution in [0.3, 0.4) is 0 Å². The van der Waals surface area contributed by atoms with Gasteiger partial charge < -0.3 is 4.42 Å². The predicted molar refractivity (Wildman–Crippen MR) is 63.0 cm³/mol. The van der Waals surface area contributed by atoms with Gasteiger partial charge in [-0.1, -0.05) is 17.7 Å². The maximum Gasteiger partial charge on any atom is 0.200 e. The second-order valence-corrected chi connectivity index (χ2v) is 4.16. The van der Waals surface area contributed by atoms with Crippen LogP contribution in [-0.2, 0) is 0 Å². The summed E-state index contributed by atoms with van der Waals surface area (Å²) in [4.78, 5) is 12.1. The number of hydrogen-bond donors (Lipinski definition) is 0.